The molecule has 8 nitrogen and oxygen atoms in total. The minimum absolute atomic E-state index is 0.00616. The summed E-state index contributed by atoms with van der Waals surface area (Å²) in [6, 6.07) is 11.2. The number of piperidine rings is 1. The van der Waals surface area contributed by atoms with E-state index in [1.807, 2.05) is 40.1 Å². The summed E-state index contributed by atoms with van der Waals surface area (Å²) in [7, 11) is 0. The number of hydrogen-bond donors (Lipinski definition) is 2. The van der Waals surface area contributed by atoms with Crippen LogP contribution in [0.25, 0.3) is 11.1 Å². The van der Waals surface area contributed by atoms with Crippen molar-refractivity contribution < 1.29 is 14.7 Å². The van der Waals surface area contributed by atoms with Gasteiger partial charge in [-0.25, -0.2) is 0 Å². The second-order valence-electron chi connectivity index (χ2n) is 13.4. The van der Waals surface area contributed by atoms with Crippen molar-refractivity contribution in [2.24, 2.45) is 17.3 Å². The summed E-state index contributed by atoms with van der Waals surface area (Å²) in [6.07, 6.45) is 10.5. The molecule has 1 unspecified atom stereocenters. The predicted molar refractivity (Wildman–Crippen MR) is 163 cm³/mol. The molecule has 4 aliphatic rings. The molecule has 2 amide bonds. The van der Waals surface area contributed by atoms with E-state index in [1.54, 1.807) is 16.8 Å². The number of likely N-dealkylation sites (tertiary alicyclic amines) is 1. The van der Waals surface area contributed by atoms with E-state index in [4.69, 9.17) is 0 Å². The summed E-state index contributed by atoms with van der Waals surface area (Å²) >= 11 is 0. The predicted octanol–water partition coefficient (Wildman–Crippen LogP) is 3.91. The Kier molecular flexibility index (Phi) is 8.29. The maximum absolute atomic E-state index is 13.8. The Morgan fingerprint density at radius 1 is 1.00 bits per heavy atom. The fraction of sp³-hybridized carbons (Fsp3) is 0.618. The lowest BCUT2D eigenvalue weighted by Crippen LogP contribution is -2.62. The second-order valence-corrected chi connectivity index (χ2v) is 13.4. The lowest BCUT2D eigenvalue weighted by Gasteiger charge is -2.53. The molecule has 1 aromatic carbocycles. The molecule has 3 heterocycles. The molecule has 42 heavy (non-hydrogen) atoms. The van der Waals surface area contributed by atoms with Gasteiger partial charge < -0.3 is 24.8 Å². The molecule has 8 heteroatoms. The molecule has 4 fully saturated rings. The van der Waals surface area contributed by atoms with Gasteiger partial charge in [-0.2, -0.15) is 0 Å². The third-order valence-electron chi connectivity index (χ3n) is 10.8. The average molecular weight is 575 g/mol. The third-order valence-corrected chi connectivity index (χ3v) is 10.8. The van der Waals surface area contributed by atoms with Crippen LogP contribution in [0, 0.1) is 17.3 Å². The molecule has 2 aliphatic heterocycles. The molecule has 2 atom stereocenters. The Morgan fingerprint density at radius 2 is 1.71 bits per heavy atom. The number of hydrogen-bond acceptors (Lipinski definition) is 5. The highest BCUT2D eigenvalue weighted by Gasteiger charge is 2.56. The molecule has 2 N–H and O–H groups in total. The fourth-order valence-corrected chi connectivity index (χ4v) is 7.97. The zero-order chi connectivity index (χ0) is 29.3. The molecule has 0 radical (unpaired) electrons. The molecule has 226 valence electrons. The number of nitrogens with zero attached hydrogens (tertiary/aromatic N) is 3. The van der Waals surface area contributed by atoms with Crippen molar-refractivity contribution in [1.29, 1.82) is 0 Å². The highest BCUT2D eigenvalue weighted by Crippen LogP contribution is 2.52. The van der Waals surface area contributed by atoms with E-state index in [0.717, 1.165) is 50.8 Å². The van der Waals surface area contributed by atoms with Gasteiger partial charge in [0.25, 0.3) is 11.5 Å². The lowest BCUT2D eigenvalue weighted by atomic mass is 9.65. The van der Waals surface area contributed by atoms with Crippen LogP contribution >= 0.6 is 0 Å². The number of aromatic nitrogens is 1. The van der Waals surface area contributed by atoms with Crippen molar-refractivity contribution in [3.8, 4) is 11.1 Å². The van der Waals surface area contributed by atoms with E-state index in [-0.39, 0.29) is 29.8 Å². The largest absolute Gasteiger partial charge is 0.387 e. The number of amides is 2. The van der Waals surface area contributed by atoms with Gasteiger partial charge in [0.05, 0.1) is 17.7 Å². The first-order valence-corrected chi connectivity index (χ1v) is 16.1. The summed E-state index contributed by atoms with van der Waals surface area (Å²) in [5.41, 5.74) is 0.143. The second kappa shape index (κ2) is 12.0. The Bertz CT molecular complexity index is 1340. The third kappa shape index (κ3) is 5.55. The van der Waals surface area contributed by atoms with Crippen LogP contribution in [0.4, 0.5) is 0 Å². The van der Waals surface area contributed by atoms with E-state index in [2.05, 4.69) is 12.2 Å². The summed E-state index contributed by atoms with van der Waals surface area (Å²) in [4.78, 5) is 44.8. The molecule has 2 saturated carbocycles. The summed E-state index contributed by atoms with van der Waals surface area (Å²) in [5.74, 6) is 0.803. The molecule has 2 aromatic rings. The number of pyridine rings is 1. The molecule has 1 aromatic heterocycles. The van der Waals surface area contributed by atoms with Crippen LogP contribution in [0.1, 0.15) is 75.1 Å². The van der Waals surface area contributed by atoms with Crippen LogP contribution in [-0.2, 0) is 11.3 Å². The first kappa shape index (κ1) is 29.1. The standard InChI is InChI=1S/C34H46N4O4/c1-25(20-26-8-7-9-26)31(40)37-17-14-34(42,33(23-37)12-5-6-13-33)24-38-22-29(32(41)36-18-15-35-16-19-36)28(21-30(38)39)27-10-3-2-4-11-27/h2-4,10-11,21-22,25-26,35,42H,5-9,12-20,23-24H2,1H3/t25?,34-/m0/s1. The van der Waals surface area contributed by atoms with Crippen LogP contribution in [-0.4, -0.2) is 76.2 Å². The first-order chi connectivity index (χ1) is 20.3. The van der Waals surface area contributed by atoms with Gasteiger partial charge in [-0.1, -0.05) is 69.4 Å². The highest BCUT2D eigenvalue weighted by molar-refractivity contribution is 6.00. The van der Waals surface area contributed by atoms with Gasteiger partial charge in [0, 0.05) is 68.4 Å². The van der Waals surface area contributed by atoms with E-state index < -0.39 is 11.0 Å². The van der Waals surface area contributed by atoms with Crippen LogP contribution in [0.2, 0.25) is 0 Å². The van der Waals surface area contributed by atoms with Crippen molar-refractivity contribution in [3.63, 3.8) is 0 Å². The van der Waals surface area contributed by atoms with E-state index in [0.29, 0.717) is 49.6 Å². The van der Waals surface area contributed by atoms with E-state index in [1.165, 1.54) is 19.3 Å². The van der Waals surface area contributed by atoms with E-state index >= 15 is 0 Å². The smallest absolute Gasteiger partial charge is 0.256 e. The highest BCUT2D eigenvalue weighted by atomic mass is 16.3. The van der Waals surface area contributed by atoms with Crippen LogP contribution < -0.4 is 10.9 Å². The van der Waals surface area contributed by atoms with Gasteiger partial charge in [0.2, 0.25) is 5.91 Å². The fourth-order valence-electron chi connectivity index (χ4n) is 7.97. The molecule has 2 aliphatic carbocycles. The summed E-state index contributed by atoms with van der Waals surface area (Å²) in [6.45, 7) is 5.93. The van der Waals surface area contributed by atoms with Crippen LogP contribution in [0.5, 0.6) is 0 Å². The van der Waals surface area contributed by atoms with E-state index in [9.17, 15) is 19.5 Å². The van der Waals surface area contributed by atoms with Crippen molar-refractivity contribution >= 4 is 11.8 Å². The normalized spacial score (nSPS) is 24.9. The van der Waals surface area contributed by atoms with Gasteiger partial charge >= 0.3 is 0 Å². The minimum Gasteiger partial charge on any atom is -0.387 e. The van der Waals surface area contributed by atoms with Crippen molar-refractivity contribution in [2.75, 3.05) is 39.3 Å². The average Bonchev–Trinajstić information content (AvgIpc) is 3.47. The maximum atomic E-state index is 13.8. The van der Waals surface area contributed by atoms with Gasteiger partial charge in [-0.05, 0) is 37.2 Å². The number of nitrogens with one attached hydrogen (secondary N) is 1. The van der Waals surface area contributed by atoms with Gasteiger partial charge in [-0.15, -0.1) is 0 Å². The molecule has 0 bridgehead atoms. The van der Waals surface area contributed by atoms with Gasteiger partial charge in [0.1, 0.15) is 0 Å². The lowest BCUT2D eigenvalue weighted by molar-refractivity contribution is -0.163. The Hall–Kier alpha value is -2.97. The Balaban J connectivity index is 1.29. The number of carbonyl (C=O) groups excluding carboxylic acids is 2. The quantitative estimate of drug-likeness (QED) is 0.523. The van der Waals surface area contributed by atoms with Crippen LogP contribution in [0.3, 0.4) is 0 Å². The summed E-state index contributed by atoms with van der Waals surface area (Å²) in [5, 5.41) is 15.7. The molecular weight excluding hydrogens is 528 g/mol. The molecular formula is C34H46N4O4. The monoisotopic (exact) mass is 574 g/mol. The molecule has 1 spiro atoms. The maximum Gasteiger partial charge on any atom is 0.256 e. The van der Waals surface area contributed by atoms with Gasteiger partial charge in [-0.3, -0.25) is 14.4 Å². The Labute approximate surface area is 249 Å². The topological polar surface area (TPSA) is 94.9 Å². The SMILES string of the molecule is CC(CC1CCC1)C(=O)N1CC[C@](O)(Cn2cc(C(=O)N3CCNCC3)c(-c3ccccc3)cc2=O)C2(CCCC2)C1. The zero-order valence-electron chi connectivity index (χ0n) is 25.0. The van der Waals surface area contributed by atoms with Crippen molar-refractivity contribution in [1.82, 2.24) is 19.7 Å². The molecule has 2 saturated heterocycles. The Morgan fingerprint density at radius 3 is 2.38 bits per heavy atom. The first-order valence-electron chi connectivity index (χ1n) is 16.1. The minimum atomic E-state index is -1.13. The molecule has 6 rings (SSSR count). The van der Waals surface area contributed by atoms with Gasteiger partial charge in [0.15, 0.2) is 0 Å². The zero-order valence-corrected chi connectivity index (χ0v) is 25.0. The van der Waals surface area contributed by atoms with Crippen molar-refractivity contribution in [2.45, 2.75) is 76.9 Å². The van der Waals surface area contributed by atoms with Crippen molar-refractivity contribution in [3.05, 3.63) is 58.5 Å². The summed E-state index contributed by atoms with van der Waals surface area (Å²) < 4.78 is 1.57. The van der Waals surface area contributed by atoms with Crippen LogP contribution in [0.15, 0.2) is 47.4 Å². The number of aliphatic hydroxyl groups is 1. The number of rotatable bonds is 7. The number of carbonyl (C=O) groups is 2. The number of benzene rings is 1. The number of piperazine rings is 1.